The number of amides is 1. The topological polar surface area (TPSA) is 89.6 Å². The monoisotopic (exact) mass is 402 g/mol. The molecule has 26 heavy (non-hydrogen) atoms. The number of aromatic nitrogens is 1. The Labute approximate surface area is 158 Å². The number of halogens is 2. The lowest BCUT2D eigenvalue weighted by Gasteiger charge is -2.44. The van der Waals surface area contributed by atoms with E-state index in [9.17, 15) is 13.6 Å². The SMILES string of the molecule is C[C@H]1C[C@H]2CSC(N)=NC2(c2nc(NC(=O)C3CC(F)(F)C3)cs2)CO1. The zero-order chi connectivity index (χ0) is 18.5. The summed E-state index contributed by atoms with van der Waals surface area (Å²) in [6, 6.07) is 0. The molecule has 0 radical (unpaired) electrons. The first-order chi connectivity index (χ1) is 12.3. The van der Waals surface area contributed by atoms with Crippen molar-refractivity contribution < 1.29 is 18.3 Å². The molecule has 2 fully saturated rings. The number of nitrogens with two attached hydrogens (primary N) is 1. The second-order valence-electron chi connectivity index (χ2n) is 7.23. The van der Waals surface area contributed by atoms with Crippen LogP contribution in [-0.2, 0) is 15.1 Å². The maximum absolute atomic E-state index is 13.0. The summed E-state index contributed by atoms with van der Waals surface area (Å²) >= 11 is 2.93. The number of thiazole rings is 1. The van der Waals surface area contributed by atoms with Crippen LogP contribution in [0.5, 0.6) is 0 Å². The summed E-state index contributed by atoms with van der Waals surface area (Å²) in [5.41, 5.74) is 5.34. The van der Waals surface area contributed by atoms with E-state index in [1.807, 2.05) is 6.92 Å². The summed E-state index contributed by atoms with van der Waals surface area (Å²) in [6.07, 6.45) is 0.224. The quantitative estimate of drug-likeness (QED) is 0.812. The molecule has 0 bridgehead atoms. The molecule has 10 heteroatoms. The van der Waals surface area contributed by atoms with Crippen LogP contribution < -0.4 is 11.1 Å². The third-order valence-corrected chi connectivity index (χ3v) is 7.17. The first kappa shape index (κ1) is 18.1. The number of hydrogen-bond acceptors (Lipinski definition) is 7. The first-order valence-electron chi connectivity index (χ1n) is 8.52. The standard InChI is InChI=1S/C16H20F2N4O2S2/c1-8-2-10-5-26-14(19)22-16(10,7-24-8)13-21-11(6-25-13)20-12(23)9-3-15(17,18)4-9/h6,8-10H,2-5,7H2,1H3,(H2,19,22)(H,20,23)/t8-,10-,16?/m0/s1. The molecule has 0 aromatic carbocycles. The van der Waals surface area contributed by atoms with Crippen LogP contribution in [-0.4, -0.2) is 40.4 Å². The lowest BCUT2D eigenvalue weighted by molar-refractivity contribution is -0.145. The van der Waals surface area contributed by atoms with Gasteiger partial charge in [-0.15, -0.1) is 11.3 Å². The van der Waals surface area contributed by atoms with Gasteiger partial charge in [0.1, 0.15) is 16.4 Å². The van der Waals surface area contributed by atoms with E-state index in [4.69, 9.17) is 10.5 Å². The van der Waals surface area contributed by atoms with Crippen LogP contribution in [0.3, 0.4) is 0 Å². The predicted octanol–water partition coefficient (Wildman–Crippen LogP) is 2.81. The van der Waals surface area contributed by atoms with Gasteiger partial charge in [-0.2, -0.15) is 0 Å². The smallest absolute Gasteiger partial charge is 0.249 e. The van der Waals surface area contributed by atoms with Crippen molar-refractivity contribution in [3.63, 3.8) is 0 Å². The number of ether oxygens (including phenoxy) is 1. The van der Waals surface area contributed by atoms with E-state index in [2.05, 4.69) is 15.3 Å². The Balaban J connectivity index is 1.53. The largest absolute Gasteiger partial charge is 0.379 e. The number of thioether (sulfide) groups is 1. The van der Waals surface area contributed by atoms with Crippen molar-refractivity contribution in [2.75, 3.05) is 17.7 Å². The maximum Gasteiger partial charge on any atom is 0.249 e. The molecule has 3 aliphatic rings. The molecule has 2 aliphatic heterocycles. The highest BCUT2D eigenvalue weighted by atomic mass is 32.2. The molecule has 1 aromatic heterocycles. The van der Waals surface area contributed by atoms with Gasteiger partial charge in [0.05, 0.1) is 12.7 Å². The van der Waals surface area contributed by atoms with Crippen molar-refractivity contribution in [1.82, 2.24) is 4.98 Å². The van der Waals surface area contributed by atoms with Gasteiger partial charge in [-0.3, -0.25) is 4.79 Å². The van der Waals surface area contributed by atoms with Crippen molar-refractivity contribution >= 4 is 40.0 Å². The minimum absolute atomic E-state index is 0.155. The highest BCUT2D eigenvalue weighted by Crippen LogP contribution is 2.47. The minimum atomic E-state index is -2.72. The Hall–Kier alpha value is -1.26. The Morgan fingerprint density at radius 1 is 1.46 bits per heavy atom. The zero-order valence-corrected chi connectivity index (χ0v) is 15.8. The third-order valence-electron chi connectivity index (χ3n) is 5.21. The number of anilines is 1. The van der Waals surface area contributed by atoms with Crippen LogP contribution in [0.2, 0.25) is 0 Å². The third kappa shape index (κ3) is 3.22. The van der Waals surface area contributed by atoms with E-state index < -0.39 is 36.1 Å². The lowest BCUT2D eigenvalue weighted by atomic mass is 9.80. The highest BCUT2D eigenvalue weighted by molar-refractivity contribution is 8.13. The Kier molecular flexibility index (Phi) is 4.47. The molecule has 1 aromatic rings. The number of aliphatic imine (C=N–C) groups is 1. The molecular formula is C16H20F2N4O2S2. The van der Waals surface area contributed by atoms with Crippen molar-refractivity contribution in [1.29, 1.82) is 0 Å². The van der Waals surface area contributed by atoms with Crippen molar-refractivity contribution in [2.45, 2.75) is 43.8 Å². The Morgan fingerprint density at radius 2 is 2.23 bits per heavy atom. The molecule has 1 amide bonds. The molecule has 1 saturated carbocycles. The summed E-state index contributed by atoms with van der Waals surface area (Å²) < 4.78 is 31.8. The van der Waals surface area contributed by atoms with Crippen LogP contribution in [0.25, 0.3) is 0 Å². The van der Waals surface area contributed by atoms with Crippen molar-refractivity contribution in [2.24, 2.45) is 22.6 Å². The fourth-order valence-electron chi connectivity index (χ4n) is 3.68. The number of nitrogens with one attached hydrogen (secondary N) is 1. The van der Waals surface area contributed by atoms with E-state index in [1.54, 1.807) is 5.38 Å². The van der Waals surface area contributed by atoms with Gasteiger partial charge in [-0.1, -0.05) is 11.8 Å². The average molecular weight is 402 g/mol. The zero-order valence-electron chi connectivity index (χ0n) is 14.2. The van der Waals surface area contributed by atoms with Gasteiger partial charge in [-0.25, -0.2) is 18.8 Å². The second kappa shape index (κ2) is 6.42. The van der Waals surface area contributed by atoms with E-state index in [-0.39, 0.29) is 12.0 Å². The van der Waals surface area contributed by atoms with Crippen LogP contribution in [0, 0.1) is 11.8 Å². The fourth-order valence-corrected chi connectivity index (χ4v) is 5.66. The molecular weight excluding hydrogens is 382 g/mol. The second-order valence-corrected chi connectivity index (χ2v) is 9.13. The molecule has 4 rings (SSSR count). The lowest BCUT2D eigenvalue weighted by Crippen LogP contribution is -2.49. The molecule has 0 spiro atoms. The normalized spacial score (nSPS) is 33.7. The van der Waals surface area contributed by atoms with Gasteiger partial charge in [0, 0.05) is 35.8 Å². The molecule has 3 N–H and O–H groups in total. The van der Waals surface area contributed by atoms with E-state index >= 15 is 0 Å². The fraction of sp³-hybridized carbons (Fsp3) is 0.688. The Bertz CT molecular complexity index is 748. The first-order valence-corrected chi connectivity index (χ1v) is 10.4. The van der Waals surface area contributed by atoms with Crippen molar-refractivity contribution in [3.8, 4) is 0 Å². The number of carbonyl (C=O) groups excluding carboxylic acids is 1. The summed E-state index contributed by atoms with van der Waals surface area (Å²) in [5.74, 6) is -2.30. The number of alkyl halides is 2. The molecule has 142 valence electrons. The molecule has 1 unspecified atom stereocenters. The van der Waals surface area contributed by atoms with E-state index in [0.717, 1.165) is 17.2 Å². The number of hydrogen-bond donors (Lipinski definition) is 2. The summed E-state index contributed by atoms with van der Waals surface area (Å²) in [7, 11) is 0. The number of fused-ring (bicyclic) bond motifs is 1. The minimum Gasteiger partial charge on any atom is -0.379 e. The van der Waals surface area contributed by atoms with Crippen LogP contribution >= 0.6 is 23.1 Å². The average Bonchev–Trinajstić information content (AvgIpc) is 3.02. The van der Waals surface area contributed by atoms with Crippen LogP contribution in [0.15, 0.2) is 10.4 Å². The maximum atomic E-state index is 13.0. The molecule has 3 heterocycles. The van der Waals surface area contributed by atoms with Gasteiger partial charge in [0.25, 0.3) is 0 Å². The van der Waals surface area contributed by atoms with Gasteiger partial charge in [0.2, 0.25) is 11.8 Å². The molecule has 1 saturated heterocycles. The number of rotatable bonds is 3. The summed E-state index contributed by atoms with van der Waals surface area (Å²) in [4.78, 5) is 21.3. The predicted molar refractivity (Wildman–Crippen MR) is 97.7 cm³/mol. The number of carbonyl (C=O) groups is 1. The highest BCUT2D eigenvalue weighted by Gasteiger charge is 2.50. The van der Waals surface area contributed by atoms with Gasteiger partial charge in [-0.05, 0) is 13.3 Å². The Morgan fingerprint density at radius 3 is 2.96 bits per heavy atom. The number of amidine groups is 1. The summed E-state index contributed by atoms with van der Waals surface area (Å²) in [5, 5.41) is 5.63. The molecule has 1 aliphatic carbocycles. The summed E-state index contributed by atoms with van der Waals surface area (Å²) in [6.45, 7) is 2.44. The molecule has 3 atom stereocenters. The van der Waals surface area contributed by atoms with E-state index in [0.29, 0.717) is 17.6 Å². The number of nitrogens with zero attached hydrogens (tertiary/aromatic N) is 2. The van der Waals surface area contributed by atoms with Gasteiger partial charge >= 0.3 is 0 Å². The van der Waals surface area contributed by atoms with Gasteiger partial charge < -0.3 is 15.8 Å². The van der Waals surface area contributed by atoms with Crippen LogP contribution in [0.4, 0.5) is 14.6 Å². The van der Waals surface area contributed by atoms with Gasteiger partial charge in [0.15, 0.2) is 5.17 Å². The van der Waals surface area contributed by atoms with E-state index in [1.165, 1.54) is 23.1 Å². The van der Waals surface area contributed by atoms with Crippen LogP contribution in [0.1, 0.15) is 31.2 Å². The molecule has 6 nitrogen and oxygen atoms in total. The van der Waals surface area contributed by atoms with Crippen molar-refractivity contribution in [3.05, 3.63) is 10.4 Å².